The molecule has 0 bridgehead atoms. The number of carbonyl (C=O) groups is 1. The van der Waals surface area contributed by atoms with Crippen molar-refractivity contribution in [1.29, 1.82) is 0 Å². The van der Waals surface area contributed by atoms with E-state index in [4.69, 9.17) is 9.47 Å². The van der Waals surface area contributed by atoms with Gasteiger partial charge in [0.2, 0.25) is 0 Å². The second kappa shape index (κ2) is 9.56. The second-order valence-electron chi connectivity index (χ2n) is 8.13. The molecule has 3 rings (SSSR count). The van der Waals surface area contributed by atoms with Gasteiger partial charge in [0.15, 0.2) is 0 Å². The van der Waals surface area contributed by atoms with Gasteiger partial charge in [-0.05, 0) is 75.4 Å². The minimum absolute atomic E-state index is 0.0321. The lowest BCUT2D eigenvalue weighted by Gasteiger charge is -2.37. The van der Waals surface area contributed by atoms with Crippen LogP contribution in [0.25, 0.3) is 0 Å². The molecule has 1 aromatic rings. The number of likely N-dealkylation sites (tertiary alicyclic amines) is 1. The molecule has 1 amide bonds. The maximum atomic E-state index is 12.8. The molecule has 1 heterocycles. The Hall–Kier alpha value is -1.59. The van der Waals surface area contributed by atoms with Gasteiger partial charge in [-0.3, -0.25) is 9.69 Å². The van der Waals surface area contributed by atoms with E-state index in [-0.39, 0.29) is 5.91 Å². The van der Waals surface area contributed by atoms with Crippen molar-refractivity contribution in [2.75, 3.05) is 38.7 Å². The summed E-state index contributed by atoms with van der Waals surface area (Å²) in [6.45, 7) is 6.25. The van der Waals surface area contributed by atoms with Crippen molar-refractivity contribution in [2.24, 2.45) is 5.92 Å². The normalized spacial score (nSPS) is 26.5. The second-order valence-corrected chi connectivity index (χ2v) is 8.13. The van der Waals surface area contributed by atoms with E-state index in [9.17, 15) is 4.79 Å². The predicted octanol–water partition coefficient (Wildman–Crippen LogP) is 4.09. The number of ether oxygens (including phenoxy) is 2. The van der Waals surface area contributed by atoms with Gasteiger partial charge in [0.05, 0.1) is 0 Å². The highest BCUT2D eigenvalue weighted by Crippen LogP contribution is 2.35. The van der Waals surface area contributed by atoms with Gasteiger partial charge in [-0.15, -0.1) is 0 Å². The molecule has 0 spiro atoms. The molecule has 0 radical (unpaired) electrons. The van der Waals surface area contributed by atoms with E-state index >= 15 is 0 Å². The van der Waals surface area contributed by atoms with Gasteiger partial charge in [0, 0.05) is 19.3 Å². The Bertz CT molecular complexity index is 598. The lowest BCUT2D eigenvalue weighted by molar-refractivity contribution is -0.143. The highest BCUT2D eigenvalue weighted by atomic mass is 16.5. The molecule has 1 saturated carbocycles. The Morgan fingerprint density at radius 3 is 2.59 bits per heavy atom. The quantitative estimate of drug-likeness (QED) is 0.781. The molecule has 27 heavy (non-hydrogen) atoms. The molecule has 150 valence electrons. The summed E-state index contributed by atoms with van der Waals surface area (Å²) in [5, 5.41) is 3.03. The van der Waals surface area contributed by atoms with Crippen LogP contribution in [0.1, 0.15) is 51.9 Å². The molecule has 0 aromatic heterocycles. The van der Waals surface area contributed by atoms with Crippen molar-refractivity contribution >= 4 is 11.6 Å². The molecule has 5 nitrogen and oxygen atoms in total. The predicted molar refractivity (Wildman–Crippen MR) is 108 cm³/mol. The van der Waals surface area contributed by atoms with Crippen LogP contribution in [-0.4, -0.2) is 49.8 Å². The minimum Gasteiger partial charge on any atom is -0.492 e. The zero-order valence-electron chi connectivity index (χ0n) is 16.8. The number of rotatable bonds is 7. The summed E-state index contributed by atoms with van der Waals surface area (Å²) in [4.78, 5) is 15.3. The molecular formula is C22H34N2O3. The Kier molecular flexibility index (Phi) is 7.13. The van der Waals surface area contributed by atoms with Gasteiger partial charge in [-0.25, -0.2) is 0 Å². The Labute approximate surface area is 163 Å². The Morgan fingerprint density at radius 2 is 1.93 bits per heavy atom. The third-order valence-electron chi connectivity index (χ3n) is 6.00. The van der Waals surface area contributed by atoms with Crippen LogP contribution in [0.4, 0.5) is 5.69 Å². The molecule has 2 aliphatic rings. The van der Waals surface area contributed by atoms with E-state index in [0.717, 1.165) is 37.2 Å². The minimum atomic E-state index is -0.693. The summed E-state index contributed by atoms with van der Waals surface area (Å²) in [5.74, 6) is 1.33. The van der Waals surface area contributed by atoms with Gasteiger partial charge < -0.3 is 14.8 Å². The topological polar surface area (TPSA) is 50.8 Å². The highest BCUT2D eigenvalue weighted by Gasteiger charge is 2.41. The summed E-state index contributed by atoms with van der Waals surface area (Å²) in [6.07, 6.45) is 7.73. The van der Waals surface area contributed by atoms with Crippen molar-refractivity contribution in [3.8, 4) is 5.75 Å². The number of hydrogen-bond donors (Lipinski definition) is 1. The summed E-state index contributed by atoms with van der Waals surface area (Å²) < 4.78 is 11.5. The Morgan fingerprint density at radius 1 is 1.19 bits per heavy atom. The Balaban J connectivity index is 1.48. The summed E-state index contributed by atoms with van der Waals surface area (Å²) >= 11 is 0. The first kappa shape index (κ1) is 20.2. The maximum absolute atomic E-state index is 12.8. The molecule has 1 aromatic carbocycles. The fraction of sp³-hybridized carbons (Fsp3) is 0.682. The van der Waals surface area contributed by atoms with Crippen molar-refractivity contribution in [1.82, 2.24) is 4.90 Å². The van der Waals surface area contributed by atoms with E-state index in [1.807, 2.05) is 24.3 Å². The fourth-order valence-corrected chi connectivity index (χ4v) is 4.34. The molecular weight excluding hydrogens is 340 g/mol. The van der Waals surface area contributed by atoms with Crippen molar-refractivity contribution in [3.05, 3.63) is 24.3 Å². The van der Waals surface area contributed by atoms with Crippen LogP contribution in [0.15, 0.2) is 24.3 Å². The van der Waals surface area contributed by atoms with Gasteiger partial charge in [-0.1, -0.05) is 19.8 Å². The molecule has 5 heteroatoms. The zero-order chi connectivity index (χ0) is 19.1. The third-order valence-corrected chi connectivity index (χ3v) is 6.00. The third kappa shape index (κ3) is 5.45. The first-order valence-electron chi connectivity index (χ1n) is 10.4. The first-order chi connectivity index (χ1) is 13.1. The number of nitrogens with one attached hydrogen (secondary N) is 1. The van der Waals surface area contributed by atoms with Crippen LogP contribution in [0.5, 0.6) is 5.75 Å². The SMILES string of the molecule is CO[C@]1(C(=O)Nc2ccc(OCCN3CCCCC3)cc2)CCC[C@H](C)C1. The van der Waals surface area contributed by atoms with E-state index in [0.29, 0.717) is 12.5 Å². The van der Waals surface area contributed by atoms with E-state index < -0.39 is 5.60 Å². The molecule has 0 unspecified atom stereocenters. The standard InChI is InChI=1S/C22H34N2O3/c1-18-7-6-12-22(17-18,26-2)21(25)23-19-8-10-20(11-9-19)27-16-15-24-13-4-3-5-14-24/h8-11,18H,3-7,12-17H2,1-2H3,(H,23,25)/t18-,22+/m0/s1. The van der Waals surface area contributed by atoms with Crippen LogP contribution in [0.3, 0.4) is 0 Å². The van der Waals surface area contributed by atoms with Crippen LogP contribution in [0.2, 0.25) is 0 Å². The first-order valence-corrected chi connectivity index (χ1v) is 10.4. The number of nitrogens with zero attached hydrogens (tertiary/aromatic N) is 1. The van der Waals surface area contributed by atoms with Gasteiger partial charge in [0.1, 0.15) is 18.0 Å². The highest BCUT2D eigenvalue weighted by molar-refractivity contribution is 5.97. The van der Waals surface area contributed by atoms with E-state index in [1.54, 1.807) is 7.11 Å². The molecule has 1 aliphatic heterocycles. The van der Waals surface area contributed by atoms with Gasteiger partial charge in [0.25, 0.3) is 5.91 Å². The molecule has 2 atom stereocenters. The van der Waals surface area contributed by atoms with Crippen molar-refractivity contribution in [2.45, 2.75) is 57.5 Å². The van der Waals surface area contributed by atoms with E-state index in [1.165, 1.54) is 38.8 Å². The fourth-order valence-electron chi connectivity index (χ4n) is 4.34. The summed E-state index contributed by atoms with van der Waals surface area (Å²) in [5.41, 5.74) is 0.0967. The lowest BCUT2D eigenvalue weighted by Crippen LogP contribution is -2.47. The van der Waals surface area contributed by atoms with Crippen LogP contribution in [-0.2, 0) is 9.53 Å². The maximum Gasteiger partial charge on any atom is 0.256 e. The lowest BCUT2D eigenvalue weighted by atomic mass is 9.78. The number of benzene rings is 1. The average Bonchev–Trinajstić information content (AvgIpc) is 2.70. The zero-order valence-corrected chi connectivity index (χ0v) is 16.8. The smallest absolute Gasteiger partial charge is 0.256 e. The summed E-state index contributed by atoms with van der Waals surface area (Å²) in [7, 11) is 1.65. The number of methoxy groups -OCH3 is 1. The summed E-state index contributed by atoms with van der Waals surface area (Å²) in [6, 6.07) is 7.66. The van der Waals surface area contributed by atoms with Crippen LogP contribution >= 0.6 is 0 Å². The average molecular weight is 375 g/mol. The van der Waals surface area contributed by atoms with Crippen LogP contribution < -0.4 is 10.1 Å². The van der Waals surface area contributed by atoms with Crippen LogP contribution in [0, 0.1) is 5.92 Å². The monoisotopic (exact) mass is 374 g/mol. The number of hydrogen-bond acceptors (Lipinski definition) is 4. The molecule has 1 saturated heterocycles. The largest absolute Gasteiger partial charge is 0.492 e. The number of piperidine rings is 1. The number of anilines is 1. The number of amides is 1. The van der Waals surface area contributed by atoms with Crippen molar-refractivity contribution in [3.63, 3.8) is 0 Å². The number of carbonyl (C=O) groups excluding carboxylic acids is 1. The van der Waals surface area contributed by atoms with Gasteiger partial charge >= 0.3 is 0 Å². The van der Waals surface area contributed by atoms with E-state index in [2.05, 4.69) is 17.1 Å². The van der Waals surface area contributed by atoms with Gasteiger partial charge in [-0.2, -0.15) is 0 Å². The molecule has 2 fully saturated rings. The molecule has 1 N–H and O–H groups in total. The van der Waals surface area contributed by atoms with Crippen molar-refractivity contribution < 1.29 is 14.3 Å². The molecule has 1 aliphatic carbocycles.